The third-order valence-electron chi connectivity index (χ3n) is 2.81. The van der Waals surface area contributed by atoms with Gasteiger partial charge in [0.25, 0.3) is 5.91 Å². The monoisotopic (exact) mass is 248 g/mol. The number of rotatable bonds is 4. The van der Waals surface area contributed by atoms with Crippen LogP contribution in [-0.2, 0) is 0 Å². The van der Waals surface area contributed by atoms with Gasteiger partial charge in [-0.15, -0.1) is 0 Å². The van der Waals surface area contributed by atoms with Gasteiger partial charge in [0.05, 0.1) is 12.0 Å². The Morgan fingerprint density at radius 1 is 1.56 bits per heavy atom. The summed E-state index contributed by atoms with van der Waals surface area (Å²) in [5, 5.41) is 8.78. The van der Waals surface area contributed by atoms with Crippen molar-refractivity contribution in [3.8, 4) is 6.07 Å². The van der Waals surface area contributed by atoms with Crippen molar-refractivity contribution in [2.45, 2.75) is 20.8 Å². The van der Waals surface area contributed by atoms with Gasteiger partial charge >= 0.3 is 0 Å². The van der Waals surface area contributed by atoms with Gasteiger partial charge in [0.15, 0.2) is 0 Å². The number of aryl methyl sites for hydroxylation is 1. The molecule has 0 saturated carbocycles. The molecule has 1 unspecified atom stereocenters. The molecule has 96 valence electrons. The lowest BCUT2D eigenvalue weighted by Gasteiger charge is -2.22. The predicted octanol–water partition coefficient (Wildman–Crippen LogP) is 2.76. The Bertz CT molecular complexity index is 479. The maximum atomic E-state index is 13.2. The van der Waals surface area contributed by atoms with Gasteiger partial charge in [0.2, 0.25) is 0 Å². The Kier molecular flexibility index (Phi) is 4.85. The minimum Gasteiger partial charge on any atom is -0.338 e. The Labute approximate surface area is 107 Å². The number of benzene rings is 1. The minimum absolute atomic E-state index is 0.225. The normalized spacial score (nSPS) is 11.7. The van der Waals surface area contributed by atoms with Crippen molar-refractivity contribution in [3.05, 3.63) is 35.1 Å². The van der Waals surface area contributed by atoms with Crippen LogP contribution >= 0.6 is 0 Å². The van der Waals surface area contributed by atoms with Crippen LogP contribution in [0.15, 0.2) is 18.2 Å². The number of hydrogen-bond donors (Lipinski definition) is 0. The molecule has 18 heavy (non-hydrogen) atoms. The van der Waals surface area contributed by atoms with Gasteiger partial charge in [-0.25, -0.2) is 4.39 Å². The van der Waals surface area contributed by atoms with Crippen LogP contribution in [-0.4, -0.2) is 23.9 Å². The van der Waals surface area contributed by atoms with Crippen molar-refractivity contribution >= 4 is 5.91 Å². The van der Waals surface area contributed by atoms with Crippen LogP contribution in [0.2, 0.25) is 0 Å². The summed E-state index contributed by atoms with van der Waals surface area (Å²) in [5.74, 6) is -0.882. The summed E-state index contributed by atoms with van der Waals surface area (Å²) in [5.41, 5.74) is 1.10. The lowest BCUT2D eigenvalue weighted by molar-refractivity contribution is 0.0751. The number of nitrogens with zero attached hydrogens (tertiary/aromatic N) is 2. The number of hydrogen-bond acceptors (Lipinski definition) is 2. The van der Waals surface area contributed by atoms with E-state index in [0.29, 0.717) is 18.7 Å². The molecule has 0 fully saturated rings. The molecule has 0 aliphatic heterocycles. The molecule has 3 nitrogen and oxygen atoms in total. The third kappa shape index (κ3) is 3.30. The van der Waals surface area contributed by atoms with Gasteiger partial charge in [-0.05, 0) is 38.5 Å². The lowest BCUT2D eigenvalue weighted by Crippen LogP contribution is -2.34. The zero-order valence-electron chi connectivity index (χ0n) is 10.9. The predicted molar refractivity (Wildman–Crippen MR) is 67.5 cm³/mol. The Balaban J connectivity index is 2.97. The van der Waals surface area contributed by atoms with Gasteiger partial charge in [0, 0.05) is 18.7 Å². The first kappa shape index (κ1) is 14.2. The fourth-order valence-corrected chi connectivity index (χ4v) is 1.72. The second kappa shape index (κ2) is 6.15. The number of halogens is 1. The maximum absolute atomic E-state index is 13.2. The maximum Gasteiger partial charge on any atom is 0.254 e. The molecular weight excluding hydrogens is 231 g/mol. The fraction of sp³-hybridized carbons (Fsp3) is 0.429. The van der Waals surface area contributed by atoms with E-state index in [4.69, 9.17) is 5.26 Å². The number of amides is 1. The zero-order chi connectivity index (χ0) is 13.7. The molecule has 0 radical (unpaired) electrons. The number of carbonyl (C=O) groups is 1. The highest BCUT2D eigenvalue weighted by molar-refractivity contribution is 5.95. The van der Waals surface area contributed by atoms with Crippen LogP contribution in [0.5, 0.6) is 0 Å². The van der Waals surface area contributed by atoms with E-state index in [1.54, 1.807) is 24.8 Å². The van der Waals surface area contributed by atoms with E-state index in [0.717, 1.165) is 5.56 Å². The minimum atomic E-state index is -0.423. The second-order valence-corrected chi connectivity index (χ2v) is 4.33. The van der Waals surface area contributed by atoms with Crippen LogP contribution in [0.1, 0.15) is 29.8 Å². The first-order valence-corrected chi connectivity index (χ1v) is 5.94. The molecule has 4 heteroatoms. The molecule has 0 aliphatic carbocycles. The molecule has 0 heterocycles. The molecule has 0 N–H and O–H groups in total. The quantitative estimate of drug-likeness (QED) is 0.822. The van der Waals surface area contributed by atoms with Crippen molar-refractivity contribution in [1.29, 1.82) is 5.26 Å². The van der Waals surface area contributed by atoms with Crippen molar-refractivity contribution in [2.24, 2.45) is 5.92 Å². The Morgan fingerprint density at radius 3 is 2.78 bits per heavy atom. The van der Waals surface area contributed by atoms with Crippen molar-refractivity contribution < 1.29 is 9.18 Å². The summed E-state index contributed by atoms with van der Waals surface area (Å²) < 4.78 is 13.2. The van der Waals surface area contributed by atoms with E-state index in [-0.39, 0.29) is 11.8 Å². The highest BCUT2D eigenvalue weighted by Gasteiger charge is 2.18. The standard InChI is InChI=1S/C14H17FN2O/c1-4-17(9-10(2)8-16)14(18)13-7-12(15)6-5-11(13)3/h5-7,10H,4,9H2,1-3H3. The fourth-order valence-electron chi connectivity index (χ4n) is 1.72. The van der Waals surface area contributed by atoms with E-state index in [1.165, 1.54) is 12.1 Å². The van der Waals surface area contributed by atoms with Crippen LogP contribution in [0.3, 0.4) is 0 Å². The molecule has 1 amide bonds. The van der Waals surface area contributed by atoms with Gasteiger partial charge in [-0.3, -0.25) is 4.79 Å². The van der Waals surface area contributed by atoms with Crippen LogP contribution in [0.4, 0.5) is 4.39 Å². The van der Waals surface area contributed by atoms with E-state index in [1.807, 2.05) is 6.92 Å². The lowest BCUT2D eigenvalue weighted by atomic mass is 10.1. The van der Waals surface area contributed by atoms with Crippen molar-refractivity contribution in [2.75, 3.05) is 13.1 Å². The summed E-state index contributed by atoms with van der Waals surface area (Å²) in [7, 11) is 0. The van der Waals surface area contributed by atoms with E-state index >= 15 is 0 Å². The molecule has 0 aliphatic rings. The Hall–Kier alpha value is -1.89. The van der Waals surface area contributed by atoms with Crippen LogP contribution in [0.25, 0.3) is 0 Å². The van der Waals surface area contributed by atoms with Crippen molar-refractivity contribution in [1.82, 2.24) is 4.90 Å². The summed E-state index contributed by atoms with van der Waals surface area (Å²) in [6, 6.07) is 6.26. The summed E-state index contributed by atoms with van der Waals surface area (Å²) in [6.07, 6.45) is 0. The first-order chi connectivity index (χ1) is 8.49. The van der Waals surface area contributed by atoms with E-state index < -0.39 is 5.82 Å². The molecule has 0 aromatic heterocycles. The largest absolute Gasteiger partial charge is 0.338 e. The van der Waals surface area contributed by atoms with Crippen molar-refractivity contribution in [3.63, 3.8) is 0 Å². The molecule has 0 saturated heterocycles. The number of nitriles is 1. The van der Waals surface area contributed by atoms with E-state index in [9.17, 15) is 9.18 Å². The summed E-state index contributed by atoms with van der Waals surface area (Å²) in [6.45, 7) is 6.24. The summed E-state index contributed by atoms with van der Waals surface area (Å²) >= 11 is 0. The first-order valence-electron chi connectivity index (χ1n) is 5.94. The van der Waals surface area contributed by atoms with Gasteiger partial charge in [0.1, 0.15) is 5.82 Å². The highest BCUT2D eigenvalue weighted by atomic mass is 19.1. The Morgan fingerprint density at radius 2 is 2.22 bits per heavy atom. The molecule has 1 aromatic rings. The summed E-state index contributed by atoms with van der Waals surface area (Å²) in [4.78, 5) is 13.8. The van der Waals surface area contributed by atoms with Gasteiger partial charge < -0.3 is 4.90 Å². The van der Waals surface area contributed by atoms with E-state index in [2.05, 4.69) is 6.07 Å². The average Bonchev–Trinajstić information content (AvgIpc) is 2.37. The molecular formula is C14H17FN2O. The van der Waals surface area contributed by atoms with Crippen LogP contribution in [0, 0.1) is 30.0 Å². The average molecular weight is 248 g/mol. The smallest absolute Gasteiger partial charge is 0.254 e. The topological polar surface area (TPSA) is 44.1 Å². The third-order valence-corrected chi connectivity index (χ3v) is 2.81. The van der Waals surface area contributed by atoms with Gasteiger partial charge in [-0.2, -0.15) is 5.26 Å². The molecule has 1 aromatic carbocycles. The van der Waals surface area contributed by atoms with Crippen LogP contribution < -0.4 is 0 Å². The molecule has 1 atom stereocenters. The zero-order valence-corrected chi connectivity index (χ0v) is 10.9. The van der Waals surface area contributed by atoms with Gasteiger partial charge in [-0.1, -0.05) is 6.07 Å². The second-order valence-electron chi connectivity index (χ2n) is 4.33. The SMILES string of the molecule is CCN(CC(C)C#N)C(=O)c1cc(F)ccc1C. The highest BCUT2D eigenvalue weighted by Crippen LogP contribution is 2.14. The number of carbonyl (C=O) groups excluding carboxylic acids is 1. The molecule has 0 bridgehead atoms. The molecule has 1 rings (SSSR count). The molecule has 0 spiro atoms.